The van der Waals surface area contributed by atoms with Gasteiger partial charge < -0.3 is 72.2 Å². The van der Waals surface area contributed by atoms with Gasteiger partial charge in [0.2, 0.25) is 35.4 Å². The number of aliphatic hydroxyl groups excluding tert-OH is 3. The van der Waals surface area contributed by atoms with Crippen LogP contribution in [0.15, 0.2) is 97.1 Å². The van der Waals surface area contributed by atoms with Crippen LogP contribution in [0.25, 0.3) is 22.3 Å². The molecule has 21 nitrogen and oxygen atoms in total. The second-order valence-electron chi connectivity index (χ2n) is 22.4. The number of fused-ring (bicyclic) bond motifs is 2. The van der Waals surface area contributed by atoms with Gasteiger partial charge >= 0.3 is 0 Å². The van der Waals surface area contributed by atoms with Crippen LogP contribution in [0.2, 0.25) is 0 Å². The molecular weight excluding hydrogens is 1060 g/mol. The lowest BCUT2D eigenvalue weighted by molar-refractivity contribution is -0.145. The number of unbranched alkanes of at least 4 members (excludes halogenated alkanes) is 2. The van der Waals surface area contributed by atoms with Gasteiger partial charge in [0, 0.05) is 43.7 Å². The van der Waals surface area contributed by atoms with Gasteiger partial charge in [0.1, 0.15) is 47.8 Å². The van der Waals surface area contributed by atoms with E-state index >= 15 is 0 Å². The highest BCUT2D eigenvalue weighted by atomic mass is 16.5. The monoisotopic (exact) mass is 1140 g/mol. The molecule has 0 spiro atoms. The third-order valence-corrected chi connectivity index (χ3v) is 16.1. The van der Waals surface area contributed by atoms with Crippen molar-refractivity contribution in [2.24, 2.45) is 0 Å². The maximum absolute atomic E-state index is 14.7. The summed E-state index contributed by atoms with van der Waals surface area (Å²) in [6.07, 6.45) is 0.770. The Kier molecular flexibility index (Phi) is 21.7. The molecule has 446 valence electrons. The number of piperidine rings is 1. The molecule has 0 radical (unpaired) electrons. The zero-order chi connectivity index (χ0) is 59.2. The number of carbonyl (C=O) groups excluding carboxylic acids is 7. The van der Waals surface area contributed by atoms with Gasteiger partial charge in [0.15, 0.2) is 0 Å². The molecule has 10 atom stereocenters. The number of benzene rings is 4. The first-order valence-electron chi connectivity index (χ1n) is 29.3. The molecule has 4 aromatic rings. The van der Waals surface area contributed by atoms with E-state index in [9.17, 15) is 54.0 Å². The minimum absolute atomic E-state index is 0.0110. The van der Waals surface area contributed by atoms with Crippen LogP contribution in [0, 0.1) is 0 Å². The summed E-state index contributed by atoms with van der Waals surface area (Å²) in [7, 11) is 0. The minimum Gasteiger partial charge on any atom is -0.508 e. The summed E-state index contributed by atoms with van der Waals surface area (Å²) in [5.41, 5.74) is 4.69. The maximum atomic E-state index is 14.7. The molecule has 0 aromatic heterocycles. The Bertz CT molecular complexity index is 2850. The van der Waals surface area contributed by atoms with E-state index < -0.39 is 95.9 Å². The van der Waals surface area contributed by atoms with Crippen molar-refractivity contribution >= 4 is 41.4 Å². The number of ether oxygens (including phenoxy) is 1. The Balaban J connectivity index is 1.04. The van der Waals surface area contributed by atoms with Crippen LogP contribution in [-0.2, 0) is 35.2 Å². The highest BCUT2D eigenvalue weighted by molar-refractivity contribution is 6.00. The molecule has 0 saturated carbocycles. The summed E-state index contributed by atoms with van der Waals surface area (Å²) >= 11 is 0. The molecule has 4 saturated heterocycles. The standard InChI is InChI=1S/C62H81N9O12/c1-4-5-6-32-83-49-24-20-43(21-25-49)41-14-12-40(13-15-41)42-16-18-44(19-17-42)56(76)66-50-8-7-29-64-59(79)52-33-46(65-45-27-30-63-31-28-45)35-70(52)61(81)54(37(2)72)69-58(78)51(26-11-39-9-22-47(74)23-10-39)67-60(80)53-34-48(75)36-71(53)62(82)55(38(3)73)68-57(50)77/h9-10,12-25,37-38,45-46,48,50-55,63,65,72-75H,4-8,11,26-36H2,1-3H3,(H,64,79)(H,66,76)(H,67,80)(H,68,77)(H,69,78)/t37?,38?,46-,48+,50-,51?,52?,53?,54?,55?/m0/s1. The Hall–Kier alpha value is -7.43. The number of hydrogen-bond acceptors (Lipinski definition) is 14. The lowest BCUT2D eigenvalue weighted by atomic mass is 9.99. The molecule has 0 bridgehead atoms. The van der Waals surface area contributed by atoms with Gasteiger partial charge in [-0.2, -0.15) is 0 Å². The number of hydrogen-bond donors (Lipinski definition) is 11. The van der Waals surface area contributed by atoms with Crippen LogP contribution < -0.4 is 42.0 Å². The van der Waals surface area contributed by atoms with Crippen molar-refractivity contribution in [1.82, 2.24) is 47.0 Å². The summed E-state index contributed by atoms with van der Waals surface area (Å²) < 4.78 is 5.88. The molecule has 4 aromatic carbocycles. The second kappa shape index (κ2) is 29.2. The summed E-state index contributed by atoms with van der Waals surface area (Å²) in [5.74, 6) is -4.53. The third kappa shape index (κ3) is 16.4. The first kappa shape index (κ1) is 61.6. The van der Waals surface area contributed by atoms with Gasteiger partial charge in [-0.1, -0.05) is 80.4 Å². The molecular formula is C62H81N9O12. The molecule has 4 aliphatic rings. The van der Waals surface area contributed by atoms with Crippen LogP contribution in [0.3, 0.4) is 0 Å². The van der Waals surface area contributed by atoms with E-state index in [1.165, 1.54) is 30.9 Å². The van der Waals surface area contributed by atoms with Crippen molar-refractivity contribution in [3.8, 4) is 33.8 Å². The van der Waals surface area contributed by atoms with E-state index in [2.05, 4.69) is 44.1 Å². The Morgan fingerprint density at radius 2 is 1.22 bits per heavy atom. The van der Waals surface area contributed by atoms with Gasteiger partial charge in [0.25, 0.3) is 5.91 Å². The summed E-state index contributed by atoms with van der Waals surface area (Å²) in [6.45, 7) is 6.71. The summed E-state index contributed by atoms with van der Waals surface area (Å²) in [4.78, 5) is 103. The van der Waals surface area contributed by atoms with Crippen molar-refractivity contribution < 1.29 is 58.7 Å². The van der Waals surface area contributed by atoms with E-state index in [0.717, 1.165) is 78.1 Å². The minimum atomic E-state index is -1.68. The number of rotatable bonds is 16. The number of nitrogens with zero attached hydrogens (tertiary/aromatic N) is 2. The molecule has 0 aliphatic carbocycles. The van der Waals surface area contributed by atoms with Gasteiger partial charge in [-0.05, 0) is 143 Å². The number of amides is 7. The second-order valence-corrected chi connectivity index (χ2v) is 22.4. The average molecular weight is 1140 g/mol. The lowest BCUT2D eigenvalue weighted by Crippen LogP contribution is -2.61. The lowest BCUT2D eigenvalue weighted by Gasteiger charge is -2.32. The number of aryl methyl sites for hydroxylation is 1. The van der Waals surface area contributed by atoms with E-state index in [0.29, 0.717) is 12.2 Å². The molecule has 11 N–H and O–H groups in total. The summed E-state index contributed by atoms with van der Waals surface area (Å²) in [5, 5.41) is 63.8. The molecule has 4 heterocycles. The summed E-state index contributed by atoms with van der Waals surface area (Å²) in [6, 6.07) is 20.4. The normalized spacial score (nSPS) is 25.2. The molecule has 4 aliphatic heterocycles. The average Bonchev–Trinajstić information content (AvgIpc) is 4.31. The molecule has 8 rings (SSSR count). The molecule has 21 heteroatoms. The van der Waals surface area contributed by atoms with Crippen molar-refractivity contribution in [2.45, 2.75) is 158 Å². The SMILES string of the molecule is CCCCCOc1ccc(-c2ccc(-c3ccc(C(=O)N[C@H]4CCCNC(=O)C5C[C@H](NC6CCNCC6)CN5C(=O)C(C(C)O)NC(=O)C(CCc5ccc(O)cc5)NC(=O)C5C[C@@H](O)CN5C(=O)C(C(C)O)NC4=O)cc3)cc2)cc1. The first-order chi connectivity index (χ1) is 40.0. The van der Waals surface area contributed by atoms with Crippen LogP contribution in [0.1, 0.15) is 101 Å². The van der Waals surface area contributed by atoms with Crippen molar-refractivity contribution in [1.29, 1.82) is 0 Å². The Labute approximate surface area is 484 Å². The highest BCUT2D eigenvalue weighted by Crippen LogP contribution is 2.28. The quantitative estimate of drug-likeness (QED) is 0.0719. The Morgan fingerprint density at radius 3 is 1.82 bits per heavy atom. The van der Waals surface area contributed by atoms with E-state index in [4.69, 9.17) is 4.74 Å². The van der Waals surface area contributed by atoms with E-state index in [-0.39, 0.29) is 81.6 Å². The van der Waals surface area contributed by atoms with Crippen molar-refractivity contribution in [3.05, 3.63) is 108 Å². The smallest absolute Gasteiger partial charge is 0.251 e. The zero-order valence-electron chi connectivity index (χ0n) is 47.6. The molecule has 7 amide bonds. The highest BCUT2D eigenvalue weighted by Gasteiger charge is 2.46. The number of carbonyl (C=O) groups is 7. The fourth-order valence-corrected chi connectivity index (χ4v) is 11.3. The van der Waals surface area contributed by atoms with Crippen LogP contribution in [0.5, 0.6) is 11.5 Å². The van der Waals surface area contributed by atoms with Gasteiger partial charge in [-0.15, -0.1) is 0 Å². The maximum Gasteiger partial charge on any atom is 0.251 e. The van der Waals surface area contributed by atoms with Crippen molar-refractivity contribution in [3.63, 3.8) is 0 Å². The number of nitrogens with one attached hydrogen (secondary N) is 7. The van der Waals surface area contributed by atoms with Crippen LogP contribution in [-0.4, -0.2) is 178 Å². The first-order valence-corrected chi connectivity index (χ1v) is 29.3. The van der Waals surface area contributed by atoms with Crippen LogP contribution in [0.4, 0.5) is 0 Å². The molecule has 4 fully saturated rings. The number of aliphatic hydroxyl groups is 3. The van der Waals surface area contributed by atoms with E-state index in [1.807, 2.05) is 48.5 Å². The van der Waals surface area contributed by atoms with E-state index in [1.54, 1.807) is 36.4 Å². The number of aromatic hydroxyl groups is 1. The fourth-order valence-electron chi connectivity index (χ4n) is 11.3. The number of phenols is 1. The number of phenolic OH excluding ortho intramolecular Hbond substituents is 1. The molecule has 7 unspecified atom stereocenters. The predicted molar refractivity (Wildman–Crippen MR) is 310 cm³/mol. The molecule has 83 heavy (non-hydrogen) atoms. The van der Waals surface area contributed by atoms with Gasteiger partial charge in [-0.25, -0.2) is 0 Å². The van der Waals surface area contributed by atoms with Gasteiger partial charge in [0.05, 0.1) is 24.9 Å². The third-order valence-electron chi connectivity index (χ3n) is 16.1. The van der Waals surface area contributed by atoms with Crippen LogP contribution >= 0.6 is 0 Å². The van der Waals surface area contributed by atoms with Crippen molar-refractivity contribution in [2.75, 3.05) is 39.3 Å². The largest absolute Gasteiger partial charge is 0.508 e. The Morgan fingerprint density at radius 1 is 0.651 bits per heavy atom. The van der Waals surface area contributed by atoms with Gasteiger partial charge in [-0.3, -0.25) is 33.6 Å². The zero-order valence-corrected chi connectivity index (χ0v) is 47.6. The predicted octanol–water partition coefficient (Wildman–Crippen LogP) is 2.43. The topological polar surface area (TPSA) is 300 Å². The fraction of sp³-hybridized carbons (Fsp3) is 0.500.